The zero-order valence-electron chi connectivity index (χ0n) is 13.1. The second-order valence-corrected chi connectivity index (χ2v) is 5.65. The van der Waals surface area contributed by atoms with Gasteiger partial charge in [0.25, 0.3) is 0 Å². The maximum atomic E-state index is 10.9. The molecule has 3 rings (SSSR count). The van der Waals surface area contributed by atoms with E-state index in [0.717, 1.165) is 5.56 Å². The van der Waals surface area contributed by atoms with Gasteiger partial charge in [-0.25, -0.2) is 4.79 Å². The molecule has 0 aliphatic carbocycles. The lowest BCUT2D eigenvalue weighted by Gasteiger charge is -2.15. The molecule has 1 atom stereocenters. The Morgan fingerprint density at radius 2 is 2.12 bits per heavy atom. The molecule has 1 fully saturated rings. The summed E-state index contributed by atoms with van der Waals surface area (Å²) in [7, 11) is 0. The van der Waals surface area contributed by atoms with Gasteiger partial charge in [0.2, 0.25) is 5.88 Å². The number of benzene rings is 1. The minimum Gasteiger partial charge on any atom is -0.508 e. The van der Waals surface area contributed by atoms with Gasteiger partial charge in [-0.05, 0) is 5.56 Å². The van der Waals surface area contributed by atoms with Gasteiger partial charge in [0.05, 0.1) is 6.54 Å². The molecule has 2 heterocycles. The maximum absolute atomic E-state index is 10.9. The molecule has 0 saturated carbocycles. The summed E-state index contributed by atoms with van der Waals surface area (Å²) in [5, 5.41) is 21.9. The number of pyridine rings is 1. The smallest absolute Gasteiger partial charge is 0.407 e. The van der Waals surface area contributed by atoms with E-state index >= 15 is 0 Å². The number of hydrogen-bond acceptors (Lipinski definition) is 5. The quantitative estimate of drug-likeness (QED) is 0.780. The van der Waals surface area contributed by atoms with Crippen LogP contribution in [0.15, 0.2) is 42.5 Å². The Hall–Kier alpha value is -2.96. The number of rotatable bonds is 5. The first kappa shape index (κ1) is 15.9. The number of likely N-dealkylation sites (tertiary alicyclic amines) is 1. The average Bonchev–Trinajstić information content (AvgIpc) is 3.02. The molecule has 1 amide bonds. The number of nitrogens with zero attached hydrogens (tertiary/aromatic N) is 2. The summed E-state index contributed by atoms with van der Waals surface area (Å²) < 4.78 is 5.71. The molecule has 0 spiro atoms. The van der Waals surface area contributed by atoms with E-state index in [0.29, 0.717) is 31.9 Å². The lowest BCUT2D eigenvalue weighted by Crippen LogP contribution is -2.29. The average molecular weight is 329 g/mol. The minimum absolute atomic E-state index is 0.0450. The highest BCUT2D eigenvalue weighted by molar-refractivity contribution is 5.65. The SMILES string of the molecule is O=C(O)N1CCC(Oc2cc(O)cc(NCc3ccccc3)n2)C1. The van der Waals surface area contributed by atoms with E-state index in [1.165, 1.54) is 17.0 Å². The van der Waals surface area contributed by atoms with Crippen LogP contribution >= 0.6 is 0 Å². The second-order valence-electron chi connectivity index (χ2n) is 5.65. The molecule has 1 aliphatic heterocycles. The summed E-state index contributed by atoms with van der Waals surface area (Å²) in [5.41, 5.74) is 1.10. The van der Waals surface area contributed by atoms with E-state index in [4.69, 9.17) is 9.84 Å². The van der Waals surface area contributed by atoms with E-state index < -0.39 is 6.09 Å². The van der Waals surface area contributed by atoms with Gasteiger partial charge >= 0.3 is 6.09 Å². The summed E-state index contributed by atoms with van der Waals surface area (Å²) in [6, 6.07) is 12.8. The maximum Gasteiger partial charge on any atom is 0.407 e. The zero-order valence-corrected chi connectivity index (χ0v) is 13.1. The van der Waals surface area contributed by atoms with Crippen LogP contribution in [0.1, 0.15) is 12.0 Å². The molecule has 7 heteroatoms. The fraction of sp³-hybridized carbons (Fsp3) is 0.294. The van der Waals surface area contributed by atoms with Gasteiger partial charge in [-0.15, -0.1) is 0 Å². The summed E-state index contributed by atoms with van der Waals surface area (Å²) in [6.45, 7) is 1.32. The molecule has 126 valence electrons. The van der Waals surface area contributed by atoms with Gasteiger partial charge < -0.3 is 25.2 Å². The molecule has 1 saturated heterocycles. The van der Waals surface area contributed by atoms with Gasteiger partial charge in [-0.3, -0.25) is 0 Å². The van der Waals surface area contributed by atoms with Crippen molar-refractivity contribution in [1.29, 1.82) is 0 Å². The van der Waals surface area contributed by atoms with Crippen molar-refractivity contribution in [3.05, 3.63) is 48.0 Å². The van der Waals surface area contributed by atoms with Gasteiger partial charge in [0.1, 0.15) is 17.7 Å². The summed E-state index contributed by atoms with van der Waals surface area (Å²) in [4.78, 5) is 16.6. The van der Waals surface area contributed by atoms with E-state index in [1.54, 1.807) is 0 Å². The molecule has 2 aromatic rings. The van der Waals surface area contributed by atoms with Gasteiger partial charge in [-0.1, -0.05) is 30.3 Å². The van der Waals surface area contributed by atoms with Crippen LogP contribution in [-0.4, -0.2) is 45.4 Å². The predicted molar refractivity (Wildman–Crippen MR) is 88.3 cm³/mol. The van der Waals surface area contributed by atoms with Crippen molar-refractivity contribution >= 4 is 11.9 Å². The van der Waals surface area contributed by atoms with Crippen LogP contribution < -0.4 is 10.1 Å². The molecule has 0 bridgehead atoms. The Bertz CT molecular complexity index is 708. The van der Waals surface area contributed by atoms with Gasteiger partial charge in [-0.2, -0.15) is 4.98 Å². The van der Waals surface area contributed by atoms with Crippen LogP contribution in [0.25, 0.3) is 0 Å². The van der Waals surface area contributed by atoms with Crippen molar-refractivity contribution in [2.45, 2.75) is 19.1 Å². The molecule has 1 aromatic carbocycles. The standard InChI is InChI=1S/C17H19N3O4/c21-13-8-15(18-10-12-4-2-1-3-5-12)19-16(9-13)24-14-6-7-20(11-14)17(22)23/h1-5,8-9,14H,6-7,10-11H2,(H,22,23)(H2,18,19,21). The van der Waals surface area contributed by atoms with Crippen LogP contribution in [0.5, 0.6) is 11.6 Å². The van der Waals surface area contributed by atoms with Crippen LogP contribution in [-0.2, 0) is 6.54 Å². The molecule has 7 nitrogen and oxygen atoms in total. The number of carbonyl (C=O) groups is 1. The van der Waals surface area contributed by atoms with Crippen LogP contribution in [0.4, 0.5) is 10.6 Å². The molecule has 1 aromatic heterocycles. The number of nitrogens with one attached hydrogen (secondary N) is 1. The topological polar surface area (TPSA) is 94.9 Å². The summed E-state index contributed by atoms with van der Waals surface area (Å²) >= 11 is 0. The third kappa shape index (κ3) is 4.07. The molecule has 1 unspecified atom stereocenters. The third-order valence-electron chi connectivity index (χ3n) is 3.81. The normalized spacial score (nSPS) is 16.8. The number of aromatic hydroxyl groups is 1. The third-order valence-corrected chi connectivity index (χ3v) is 3.81. The van der Waals surface area contributed by atoms with Gasteiger partial charge in [0.15, 0.2) is 0 Å². The molecule has 3 N–H and O–H groups in total. The number of carboxylic acid groups (broad SMARTS) is 1. The molecule has 1 aliphatic rings. The number of hydrogen-bond donors (Lipinski definition) is 3. The van der Waals surface area contributed by atoms with Crippen LogP contribution in [0.2, 0.25) is 0 Å². The number of aromatic nitrogens is 1. The zero-order chi connectivity index (χ0) is 16.9. The van der Waals surface area contributed by atoms with Crippen LogP contribution in [0.3, 0.4) is 0 Å². The Morgan fingerprint density at radius 1 is 1.33 bits per heavy atom. The molecular weight excluding hydrogens is 310 g/mol. The van der Waals surface area contributed by atoms with E-state index in [9.17, 15) is 9.90 Å². The van der Waals surface area contributed by atoms with Crippen molar-refractivity contribution in [1.82, 2.24) is 9.88 Å². The summed E-state index contributed by atoms with van der Waals surface area (Å²) in [5.74, 6) is 0.827. The molecular formula is C17H19N3O4. The second kappa shape index (κ2) is 7.08. The minimum atomic E-state index is -0.949. The van der Waals surface area contributed by atoms with Crippen molar-refractivity contribution in [3.63, 3.8) is 0 Å². The van der Waals surface area contributed by atoms with E-state index in [1.807, 2.05) is 30.3 Å². The summed E-state index contributed by atoms with van der Waals surface area (Å²) in [6.07, 6.45) is -0.594. The largest absolute Gasteiger partial charge is 0.508 e. The number of amides is 1. The van der Waals surface area contributed by atoms with Crippen LogP contribution in [0, 0.1) is 0 Å². The first-order valence-corrected chi connectivity index (χ1v) is 7.73. The molecule has 24 heavy (non-hydrogen) atoms. The molecule has 0 radical (unpaired) electrons. The van der Waals surface area contributed by atoms with Crippen molar-refractivity contribution < 1.29 is 19.7 Å². The lowest BCUT2D eigenvalue weighted by atomic mass is 10.2. The first-order valence-electron chi connectivity index (χ1n) is 7.73. The highest BCUT2D eigenvalue weighted by atomic mass is 16.5. The van der Waals surface area contributed by atoms with Gasteiger partial charge in [0, 0.05) is 31.6 Å². The van der Waals surface area contributed by atoms with E-state index in [2.05, 4.69) is 10.3 Å². The Labute approximate surface area is 139 Å². The van der Waals surface area contributed by atoms with Crippen molar-refractivity contribution in [2.24, 2.45) is 0 Å². The first-order chi connectivity index (χ1) is 11.6. The monoisotopic (exact) mass is 329 g/mol. The fourth-order valence-electron chi connectivity index (χ4n) is 2.60. The van der Waals surface area contributed by atoms with E-state index in [-0.39, 0.29) is 17.7 Å². The Kier molecular flexibility index (Phi) is 4.69. The highest BCUT2D eigenvalue weighted by Crippen LogP contribution is 2.24. The van der Waals surface area contributed by atoms with Crippen molar-refractivity contribution in [3.8, 4) is 11.6 Å². The number of anilines is 1. The fourth-order valence-corrected chi connectivity index (χ4v) is 2.60. The van der Waals surface area contributed by atoms with Crippen molar-refractivity contribution in [2.75, 3.05) is 18.4 Å². The Morgan fingerprint density at radius 3 is 2.83 bits per heavy atom. The highest BCUT2D eigenvalue weighted by Gasteiger charge is 2.27. The number of ether oxygens (including phenoxy) is 1. The predicted octanol–water partition coefficient (Wildman–Crippen LogP) is 2.53. The lowest BCUT2D eigenvalue weighted by molar-refractivity contribution is 0.144. The Balaban J connectivity index is 1.62.